The van der Waals surface area contributed by atoms with Crippen molar-refractivity contribution in [2.45, 2.75) is 40.0 Å². The van der Waals surface area contributed by atoms with Gasteiger partial charge in [-0.15, -0.1) is 12.3 Å². The number of fused-ring (bicyclic) bond motifs is 1. The fourth-order valence-corrected chi connectivity index (χ4v) is 3.04. The maximum Gasteiger partial charge on any atom is 0.0337 e. The highest BCUT2D eigenvalue weighted by Crippen LogP contribution is 2.32. The molecule has 1 aliphatic rings. The van der Waals surface area contributed by atoms with Crippen molar-refractivity contribution in [2.24, 2.45) is 0 Å². The Morgan fingerprint density at radius 3 is 2.83 bits per heavy atom. The molecule has 0 heterocycles. The minimum atomic E-state index is 0.669. The minimum Gasteiger partial charge on any atom is -0.120 e. The van der Waals surface area contributed by atoms with Crippen molar-refractivity contribution in [1.82, 2.24) is 0 Å². The van der Waals surface area contributed by atoms with Crippen LogP contribution < -0.4 is 0 Å². The summed E-state index contributed by atoms with van der Waals surface area (Å²) in [7, 11) is 0. The molecule has 0 spiro atoms. The van der Waals surface area contributed by atoms with Crippen molar-refractivity contribution in [1.29, 1.82) is 0 Å². The summed E-state index contributed by atoms with van der Waals surface area (Å²) in [5, 5.41) is 0. The van der Waals surface area contributed by atoms with Crippen LogP contribution in [0.15, 0.2) is 65.8 Å². The number of aryl methyl sites for hydroxylation is 1. The van der Waals surface area contributed by atoms with E-state index in [0.717, 1.165) is 18.4 Å². The molecular weight excluding hydrogens is 288 g/mol. The van der Waals surface area contributed by atoms with Crippen LogP contribution in [0.4, 0.5) is 0 Å². The number of hydrogen-bond donors (Lipinski definition) is 0. The lowest BCUT2D eigenvalue weighted by Crippen LogP contribution is -1.96. The first-order chi connectivity index (χ1) is 11.5. The average molecular weight is 314 g/mol. The molecule has 0 aromatic heterocycles. The van der Waals surface area contributed by atoms with Crippen LogP contribution in [0.5, 0.6) is 0 Å². The Kier molecular flexibility index (Phi) is 6.21. The molecule has 0 aliphatic heterocycles. The Balaban J connectivity index is 2.59. The van der Waals surface area contributed by atoms with E-state index in [1.54, 1.807) is 0 Å². The highest BCUT2D eigenvalue weighted by atomic mass is 14.2. The van der Waals surface area contributed by atoms with Crippen LogP contribution in [0.2, 0.25) is 0 Å². The Labute approximate surface area is 147 Å². The summed E-state index contributed by atoms with van der Waals surface area (Å²) in [6, 6.07) is 6.66. The number of terminal acetylenes is 1. The van der Waals surface area contributed by atoms with E-state index in [1.165, 1.54) is 33.4 Å². The van der Waals surface area contributed by atoms with Gasteiger partial charge in [-0.05, 0) is 61.5 Å². The highest BCUT2D eigenvalue weighted by Gasteiger charge is 2.12. The average Bonchev–Trinajstić information content (AvgIpc) is 2.59. The van der Waals surface area contributed by atoms with Crippen LogP contribution in [0.3, 0.4) is 0 Å². The second-order valence-corrected chi connectivity index (χ2v) is 6.40. The second kappa shape index (κ2) is 8.37. The molecule has 0 bridgehead atoms. The van der Waals surface area contributed by atoms with E-state index in [-0.39, 0.29) is 0 Å². The van der Waals surface area contributed by atoms with Crippen molar-refractivity contribution in [3.63, 3.8) is 0 Å². The van der Waals surface area contributed by atoms with Crippen LogP contribution >= 0.6 is 0 Å². The van der Waals surface area contributed by atoms with Gasteiger partial charge in [0.25, 0.3) is 0 Å². The van der Waals surface area contributed by atoms with E-state index in [1.807, 2.05) is 6.92 Å². The van der Waals surface area contributed by atoms with Crippen molar-refractivity contribution >= 4 is 11.6 Å². The lowest BCUT2D eigenvalue weighted by molar-refractivity contribution is 1.13. The van der Waals surface area contributed by atoms with E-state index < -0.39 is 0 Å². The third kappa shape index (κ3) is 4.49. The molecule has 0 atom stereocenters. The topological polar surface area (TPSA) is 0 Å². The minimum absolute atomic E-state index is 0.669. The predicted molar refractivity (Wildman–Crippen MR) is 108 cm³/mol. The molecule has 2 rings (SSSR count). The summed E-state index contributed by atoms with van der Waals surface area (Å²) >= 11 is 0. The maximum absolute atomic E-state index is 5.62. The van der Waals surface area contributed by atoms with Gasteiger partial charge in [0.2, 0.25) is 0 Å². The van der Waals surface area contributed by atoms with Crippen LogP contribution in [-0.4, -0.2) is 0 Å². The van der Waals surface area contributed by atoms with Crippen molar-refractivity contribution in [3.8, 4) is 12.3 Å². The van der Waals surface area contributed by atoms with Crippen LogP contribution in [-0.2, 0) is 0 Å². The first-order valence-corrected chi connectivity index (χ1v) is 8.45. The van der Waals surface area contributed by atoms with Gasteiger partial charge in [-0.3, -0.25) is 0 Å². The molecule has 0 N–H and O–H groups in total. The zero-order valence-electron chi connectivity index (χ0n) is 15.0. The van der Waals surface area contributed by atoms with Gasteiger partial charge in [-0.1, -0.05) is 66.3 Å². The van der Waals surface area contributed by atoms with E-state index >= 15 is 0 Å². The maximum atomic E-state index is 5.62. The van der Waals surface area contributed by atoms with Gasteiger partial charge in [-0.25, -0.2) is 0 Å². The Morgan fingerprint density at radius 2 is 2.12 bits per heavy atom. The quantitative estimate of drug-likeness (QED) is 0.430. The van der Waals surface area contributed by atoms with Crippen LogP contribution in [0.1, 0.15) is 49.8 Å². The van der Waals surface area contributed by atoms with Crippen molar-refractivity contribution in [2.75, 3.05) is 0 Å². The second-order valence-electron chi connectivity index (χ2n) is 6.40. The largest absolute Gasteiger partial charge is 0.120 e. The molecule has 0 nitrogen and oxygen atoms in total. The lowest BCUT2D eigenvalue weighted by Gasteiger charge is -2.15. The van der Waals surface area contributed by atoms with E-state index in [0.29, 0.717) is 6.42 Å². The monoisotopic (exact) mass is 314 g/mol. The molecule has 122 valence electrons. The van der Waals surface area contributed by atoms with Gasteiger partial charge in [0.1, 0.15) is 0 Å². The van der Waals surface area contributed by atoms with E-state index in [4.69, 9.17) is 6.42 Å². The Bertz CT molecular complexity index is 786. The first kappa shape index (κ1) is 17.8. The fraction of sp³-hybridized carbons (Fsp3) is 0.250. The standard InChI is InChI=1S/C24H26/c1-6-10-21-12-7-8-13-22-17-19(4)15-16-24(22)20(5)23(21)14-9-11-18(2)3/h1,8-9,11-13,15-17H,2,7,10,14H2,3-5H3. The van der Waals surface area contributed by atoms with Gasteiger partial charge in [0.15, 0.2) is 0 Å². The van der Waals surface area contributed by atoms with Gasteiger partial charge in [0.05, 0.1) is 0 Å². The summed E-state index contributed by atoms with van der Waals surface area (Å²) in [5.74, 6) is 2.82. The van der Waals surface area contributed by atoms with Gasteiger partial charge >= 0.3 is 0 Å². The molecule has 0 amide bonds. The van der Waals surface area contributed by atoms with Crippen LogP contribution in [0.25, 0.3) is 11.6 Å². The summed E-state index contributed by atoms with van der Waals surface area (Å²) in [4.78, 5) is 0. The van der Waals surface area contributed by atoms with E-state index in [2.05, 4.69) is 74.9 Å². The zero-order chi connectivity index (χ0) is 17.5. The van der Waals surface area contributed by atoms with Gasteiger partial charge < -0.3 is 0 Å². The summed E-state index contributed by atoms with van der Waals surface area (Å²) < 4.78 is 0. The molecule has 0 unspecified atom stereocenters. The summed E-state index contributed by atoms with van der Waals surface area (Å²) in [6.45, 7) is 10.3. The molecule has 1 aromatic rings. The Hall–Kier alpha value is -2.52. The third-order valence-corrected chi connectivity index (χ3v) is 4.27. The van der Waals surface area contributed by atoms with Crippen LogP contribution in [0, 0.1) is 19.3 Å². The fourth-order valence-electron chi connectivity index (χ4n) is 3.04. The van der Waals surface area contributed by atoms with Crippen molar-refractivity contribution < 1.29 is 0 Å². The molecule has 1 aromatic carbocycles. The van der Waals surface area contributed by atoms with E-state index in [9.17, 15) is 0 Å². The SMILES string of the molecule is C#CCC1=CCC=Cc2cc(C)ccc2C(C)=C1CC=CC(=C)C. The number of allylic oxidation sites excluding steroid dienone is 8. The smallest absolute Gasteiger partial charge is 0.0337 e. The molecule has 1 aliphatic carbocycles. The summed E-state index contributed by atoms with van der Waals surface area (Å²) in [5.41, 5.74) is 8.83. The molecule has 0 heteroatoms. The van der Waals surface area contributed by atoms with Crippen molar-refractivity contribution in [3.05, 3.63) is 82.5 Å². The first-order valence-electron chi connectivity index (χ1n) is 8.45. The molecule has 0 fully saturated rings. The molecule has 24 heavy (non-hydrogen) atoms. The van der Waals surface area contributed by atoms with Gasteiger partial charge in [0, 0.05) is 6.42 Å². The third-order valence-electron chi connectivity index (χ3n) is 4.27. The normalized spacial score (nSPS) is 14.5. The molecule has 0 saturated heterocycles. The molecule has 0 radical (unpaired) electrons. The Morgan fingerprint density at radius 1 is 1.33 bits per heavy atom. The van der Waals surface area contributed by atoms with Gasteiger partial charge in [-0.2, -0.15) is 0 Å². The highest BCUT2D eigenvalue weighted by molar-refractivity contribution is 5.78. The predicted octanol–water partition coefficient (Wildman–Crippen LogP) is 6.66. The summed E-state index contributed by atoms with van der Waals surface area (Å²) in [6.07, 6.45) is 19.0. The number of benzene rings is 1. The lowest BCUT2D eigenvalue weighted by atomic mass is 9.89. The number of hydrogen-bond acceptors (Lipinski definition) is 0. The molecule has 0 saturated carbocycles. The zero-order valence-corrected chi connectivity index (χ0v) is 15.0. The number of rotatable bonds is 4. The molecular formula is C24H26.